The van der Waals surface area contributed by atoms with Crippen molar-refractivity contribution in [2.45, 2.75) is 20.0 Å². The van der Waals surface area contributed by atoms with Crippen molar-refractivity contribution >= 4 is 11.4 Å². The van der Waals surface area contributed by atoms with Crippen LogP contribution >= 0.6 is 0 Å². The lowest BCUT2D eigenvalue weighted by Gasteiger charge is -2.13. The van der Waals surface area contributed by atoms with Crippen molar-refractivity contribution in [3.05, 3.63) is 59.2 Å². The van der Waals surface area contributed by atoms with Gasteiger partial charge in [-0.05, 0) is 43.7 Å². The molecule has 2 aromatic carbocycles. The lowest BCUT2D eigenvalue weighted by atomic mass is 10.1. The Balaban J connectivity index is 1.86. The number of nitrogens with one attached hydrogen (secondary N) is 2. The Morgan fingerprint density at radius 1 is 0.909 bits per heavy atom. The molecule has 2 aromatic rings. The zero-order valence-corrected chi connectivity index (χ0v) is 12.6. The molecule has 0 spiro atoms. The first-order chi connectivity index (χ1) is 10.4. The molecule has 5 heteroatoms. The Hall–Kier alpha value is -2.17. The summed E-state index contributed by atoms with van der Waals surface area (Å²) >= 11 is 0. The second-order valence-electron chi connectivity index (χ2n) is 5.25. The number of benzene rings is 2. The SMILES string of the molecule is Cc1ccc(NCCNc2cccc(C(F)(F)F)c2)c(C)c1. The Kier molecular flexibility index (Phi) is 4.96. The molecule has 0 saturated heterocycles. The summed E-state index contributed by atoms with van der Waals surface area (Å²) in [7, 11) is 0. The van der Waals surface area contributed by atoms with E-state index in [-0.39, 0.29) is 0 Å². The van der Waals surface area contributed by atoms with Gasteiger partial charge < -0.3 is 10.6 Å². The van der Waals surface area contributed by atoms with E-state index in [1.807, 2.05) is 26.0 Å². The molecule has 0 aliphatic carbocycles. The fourth-order valence-corrected chi connectivity index (χ4v) is 2.22. The molecule has 118 valence electrons. The third-order valence-corrected chi connectivity index (χ3v) is 3.34. The highest BCUT2D eigenvalue weighted by atomic mass is 19.4. The smallest absolute Gasteiger partial charge is 0.383 e. The molecule has 0 saturated carbocycles. The zero-order chi connectivity index (χ0) is 16.2. The summed E-state index contributed by atoms with van der Waals surface area (Å²) in [6, 6.07) is 11.3. The van der Waals surface area contributed by atoms with Crippen molar-refractivity contribution in [2.24, 2.45) is 0 Å². The van der Waals surface area contributed by atoms with Crippen LogP contribution in [-0.4, -0.2) is 13.1 Å². The van der Waals surface area contributed by atoms with E-state index in [0.717, 1.165) is 23.4 Å². The Labute approximate surface area is 128 Å². The average molecular weight is 308 g/mol. The molecule has 0 aromatic heterocycles. The van der Waals surface area contributed by atoms with Gasteiger partial charge in [0.1, 0.15) is 0 Å². The van der Waals surface area contributed by atoms with Crippen molar-refractivity contribution in [2.75, 3.05) is 23.7 Å². The molecule has 22 heavy (non-hydrogen) atoms. The second kappa shape index (κ2) is 6.73. The first kappa shape index (κ1) is 16.2. The molecular formula is C17H19F3N2. The van der Waals surface area contributed by atoms with E-state index in [1.165, 1.54) is 11.6 Å². The van der Waals surface area contributed by atoms with Gasteiger partial charge in [0.15, 0.2) is 0 Å². The third-order valence-electron chi connectivity index (χ3n) is 3.34. The van der Waals surface area contributed by atoms with E-state index in [1.54, 1.807) is 6.07 Å². The molecule has 0 fully saturated rings. The van der Waals surface area contributed by atoms with Gasteiger partial charge in [-0.2, -0.15) is 13.2 Å². The number of hydrogen-bond acceptors (Lipinski definition) is 2. The summed E-state index contributed by atoms with van der Waals surface area (Å²) in [6.07, 6.45) is -4.31. The highest BCUT2D eigenvalue weighted by Crippen LogP contribution is 2.30. The number of hydrogen-bond donors (Lipinski definition) is 2. The van der Waals surface area contributed by atoms with Crippen molar-refractivity contribution < 1.29 is 13.2 Å². The summed E-state index contributed by atoms with van der Waals surface area (Å²) < 4.78 is 37.8. The Morgan fingerprint density at radius 2 is 1.64 bits per heavy atom. The normalized spacial score (nSPS) is 11.3. The maximum absolute atomic E-state index is 12.6. The van der Waals surface area contributed by atoms with E-state index in [9.17, 15) is 13.2 Å². The van der Waals surface area contributed by atoms with E-state index >= 15 is 0 Å². The lowest BCUT2D eigenvalue weighted by molar-refractivity contribution is -0.137. The van der Waals surface area contributed by atoms with Crippen molar-refractivity contribution in [1.29, 1.82) is 0 Å². The van der Waals surface area contributed by atoms with Gasteiger partial charge in [-0.3, -0.25) is 0 Å². The van der Waals surface area contributed by atoms with Crippen LogP contribution in [0.2, 0.25) is 0 Å². The van der Waals surface area contributed by atoms with Crippen LogP contribution in [0.5, 0.6) is 0 Å². The zero-order valence-electron chi connectivity index (χ0n) is 12.6. The number of alkyl halides is 3. The first-order valence-electron chi connectivity index (χ1n) is 7.08. The Morgan fingerprint density at radius 3 is 2.32 bits per heavy atom. The van der Waals surface area contributed by atoms with Crippen molar-refractivity contribution in [3.8, 4) is 0 Å². The highest BCUT2D eigenvalue weighted by Gasteiger charge is 2.30. The predicted molar refractivity (Wildman–Crippen MR) is 84.3 cm³/mol. The maximum atomic E-state index is 12.6. The maximum Gasteiger partial charge on any atom is 0.416 e. The third kappa shape index (κ3) is 4.41. The molecule has 0 unspecified atom stereocenters. The molecule has 0 atom stereocenters. The van der Waals surface area contributed by atoms with Gasteiger partial charge in [0.05, 0.1) is 5.56 Å². The van der Waals surface area contributed by atoms with Crippen LogP contribution < -0.4 is 10.6 Å². The summed E-state index contributed by atoms with van der Waals surface area (Å²) in [6.45, 7) is 5.22. The fraction of sp³-hybridized carbons (Fsp3) is 0.294. The molecule has 0 amide bonds. The number of rotatable bonds is 5. The molecule has 0 radical (unpaired) electrons. The fourth-order valence-electron chi connectivity index (χ4n) is 2.22. The van der Waals surface area contributed by atoms with Crippen LogP contribution in [-0.2, 0) is 6.18 Å². The Bertz CT molecular complexity index is 636. The van der Waals surface area contributed by atoms with Crippen LogP contribution in [0, 0.1) is 13.8 Å². The molecule has 0 bridgehead atoms. The standard InChI is InChI=1S/C17H19F3N2/c1-12-6-7-16(13(2)10-12)22-9-8-21-15-5-3-4-14(11-15)17(18,19)20/h3-7,10-11,21-22H,8-9H2,1-2H3. The largest absolute Gasteiger partial charge is 0.416 e. The van der Waals surface area contributed by atoms with Crippen molar-refractivity contribution in [1.82, 2.24) is 0 Å². The van der Waals surface area contributed by atoms with Crippen LogP contribution in [0.15, 0.2) is 42.5 Å². The van der Waals surface area contributed by atoms with Gasteiger partial charge in [0.25, 0.3) is 0 Å². The van der Waals surface area contributed by atoms with E-state index in [0.29, 0.717) is 18.8 Å². The van der Waals surface area contributed by atoms with Crippen LogP contribution in [0.1, 0.15) is 16.7 Å². The summed E-state index contributed by atoms with van der Waals surface area (Å²) in [5.41, 5.74) is 3.22. The second-order valence-corrected chi connectivity index (χ2v) is 5.25. The first-order valence-corrected chi connectivity index (χ1v) is 7.08. The summed E-state index contributed by atoms with van der Waals surface area (Å²) in [5, 5.41) is 6.27. The van der Waals surface area contributed by atoms with Crippen LogP contribution in [0.4, 0.5) is 24.5 Å². The van der Waals surface area contributed by atoms with Gasteiger partial charge in [-0.25, -0.2) is 0 Å². The van der Waals surface area contributed by atoms with Crippen LogP contribution in [0.3, 0.4) is 0 Å². The number of anilines is 2. The minimum atomic E-state index is -4.31. The van der Waals surface area contributed by atoms with E-state index < -0.39 is 11.7 Å². The van der Waals surface area contributed by atoms with Gasteiger partial charge >= 0.3 is 6.18 Å². The average Bonchev–Trinajstić information content (AvgIpc) is 2.45. The van der Waals surface area contributed by atoms with Gasteiger partial charge in [0.2, 0.25) is 0 Å². The van der Waals surface area contributed by atoms with E-state index in [4.69, 9.17) is 0 Å². The van der Waals surface area contributed by atoms with Gasteiger partial charge in [-0.15, -0.1) is 0 Å². The monoisotopic (exact) mass is 308 g/mol. The minimum absolute atomic E-state index is 0.470. The molecule has 2 nitrogen and oxygen atoms in total. The van der Waals surface area contributed by atoms with Crippen LogP contribution in [0.25, 0.3) is 0 Å². The summed E-state index contributed by atoms with van der Waals surface area (Å²) in [5.74, 6) is 0. The quantitative estimate of drug-likeness (QED) is 0.772. The lowest BCUT2D eigenvalue weighted by Crippen LogP contribution is -2.14. The number of halogens is 3. The molecule has 0 aliphatic heterocycles. The molecular weight excluding hydrogens is 289 g/mol. The highest BCUT2D eigenvalue weighted by molar-refractivity contribution is 5.52. The molecule has 0 heterocycles. The van der Waals surface area contributed by atoms with Gasteiger partial charge in [-0.1, -0.05) is 23.8 Å². The molecule has 2 rings (SSSR count). The number of aryl methyl sites for hydroxylation is 2. The molecule has 2 N–H and O–H groups in total. The predicted octanol–water partition coefficient (Wildman–Crippen LogP) is 4.85. The summed E-state index contributed by atoms with van der Waals surface area (Å²) in [4.78, 5) is 0. The van der Waals surface area contributed by atoms with Gasteiger partial charge in [0, 0.05) is 24.5 Å². The minimum Gasteiger partial charge on any atom is -0.383 e. The topological polar surface area (TPSA) is 24.1 Å². The van der Waals surface area contributed by atoms with Crippen molar-refractivity contribution in [3.63, 3.8) is 0 Å². The molecule has 0 aliphatic rings. The van der Waals surface area contributed by atoms with E-state index in [2.05, 4.69) is 16.7 Å².